The highest BCUT2D eigenvalue weighted by Crippen LogP contribution is 2.03. The predicted octanol–water partition coefficient (Wildman–Crippen LogP) is 1.20. The molecule has 0 aliphatic heterocycles. The first-order valence-corrected chi connectivity index (χ1v) is 7.54. The molecule has 0 aliphatic rings. The van der Waals surface area contributed by atoms with Gasteiger partial charge >= 0.3 is 17.9 Å². The molecule has 0 rings (SSSR count). The van der Waals surface area contributed by atoms with Crippen LogP contribution in [-0.4, -0.2) is 54.6 Å². The number of ether oxygens (including phenoxy) is 3. The lowest BCUT2D eigenvalue weighted by Crippen LogP contribution is -2.30. The molecule has 0 aliphatic carbocycles. The van der Waals surface area contributed by atoms with Crippen molar-refractivity contribution in [2.75, 3.05) is 13.2 Å². The van der Waals surface area contributed by atoms with Gasteiger partial charge in [0, 0.05) is 19.3 Å². The molecule has 0 aromatic rings. The second-order valence-electron chi connectivity index (χ2n) is 4.73. The van der Waals surface area contributed by atoms with Gasteiger partial charge in [-0.05, 0) is 19.3 Å². The first kappa shape index (κ1) is 23.2. The Morgan fingerprint density at radius 1 is 0.727 bits per heavy atom. The molecule has 0 spiro atoms. The smallest absolute Gasteiger partial charge is 0.306 e. The molecule has 0 aromatic heterocycles. The standard InChI is InChI=1S/C15H26O6.Al.3H/c1-4-7-13(16)19-10-12(21-15(18)9-6-3)11-20-14(17)8-5-2;;;;/h12H,4-11H2,1-3H3;;;;. The van der Waals surface area contributed by atoms with E-state index in [0.717, 1.165) is 0 Å². The van der Waals surface area contributed by atoms with Crippen LogP contribution in [0.5, 0.6) is 0 Å². The van der Waals surface area contributed by atoms with Crippen LogP contribution in [0.15, 0.2) is 0 Å². The molecule has 0 radical (unpaired) electrons. The van der Waals surface area contributed by atoms with Crippen molar-refractivity contribution in [1.29, 1.82) is 0 Å². The van der Waals surface area contributed by atoms with Gasteiger partial charge in [-0.15, -0.1) is 0 Å². The van der Waals surface area contributed by atoms with Crippen molar-refractivity contribution in [3.05, 3.63) is 0 Å². The van der Waals surface area contributed by atoms with Gasteiger partial charge in [0.05, 0.1) is 0 Å². The maximum atomic E-state index is 11.5. The Balaban J connectivity index is 0. The van der Waals surface area contributed by atoms with Crippen LogP contribution in [0.4, 0.5) is 0 Å². The van der Waals surface area contributed by atoms with Crippen molar-refractivity contribution in [3.63, 3.8) is 0 Å². The van der Waals surface area contributed by atoms with Crippen molar-refractivity contribution >= 4 is 35.3 Å². The van der Waals surface area contributed by atoms with Crippen LogP contribution in [0.3, 0.4) is 0 Å². The van der Waals surface area contributed by atoms with Crippen LogP contribution in [0.1, 0.15) is 59.3 Å². The molecule has 22 heavy (non-hydrogen) atoms. The molecular weight excluding hydrogens is 303 g/mol. The van der Waals surface area contributed by atoms with Crippen molar-refractivity contribution in [1.82, 2.24) is 0 Å². The quantitative estimate of drug-likeness (QED) is 0.321. The van der Waals surface area contributed by atoms with Gasteiger partial charge in [0.1, 0.15) is 13.2 Å². The summed E-state index contributed by atoms with van der Waals surface area (Å²) < 4.78 is 15.2. The van der Waals surface area contributed by atoms with Crippen LogP contribution >= 0.6 is 0 Å². The minimum atomic E-state index is -0.745. The van der Waals surface area contributed by atoms with Gasteiger partial charge in [0.2, 0.25) is 0 Å². The molecule has 0 fully saturated rings. The third kappa shape index (κ3) is 12.7. The van der Waals surface area contributed by atoms with Gasteiger partial charge in [0.25, 0.3) is 0 Å². The van der Waals surface area contributed by atoms with E-state index in [2.05, 4.69) is 0 Å². The van der Waals surface area contributed by atoms with Gasteiger partial charge in [0.15, 0.2) is 23.5 Å². The Morgan fingerprint density at radius 3 is 1.45 bits per heavy atom. The zero-order valence-corrected chi connectivity index (χ0v) is 13.2. The highest BCUT2D eigenvalue weighted by molar-refractivity contribution is 5.75. The van der Waals surface area contributed by atoms with Crippen LogP contribution in [0.2, 0.25) is 0 Å². The molecule has 0 saturated carbocycles. The number of rotatable bonds is 11. The highest BCUT2D eigenvalue weighted by atomic mass is 27.0. The summed E-state index contributed by atoms with van der Waals surface area (Å²) in [5.74, 6) is -1.09. The topological polar surface area (TPSA) is 78.9 Å². The molecule has 0 N–H and O–H groups in total. The number of hydrogen-bond donors (Lipinski definition) is 0. The van der Waals surface area contributed by atoms with Crippen LogP contribution in [0, 0.1) is 0 Å². The lowest BCUT2D eigenvalue weighted by Gasteiger charge is -2.18. The normalized spacial score (nSPS) is 9.82. The molecular formula is C15H29AlO6. The van der Waals surface area contributed by atoms with Crippen molar-refractivity contribution in [2.24, 2.45) is 0 Å². The van der Waals surface area contributed by atoms with E-state index in [1.54, 1.807) is 0 Å². The monoisotopic (exact) mass is 332 g/mol. The summed E-state index contributed by atoms with van der Waals surface area (Å²) in [7, 11) is 0. The third-order valence-electron chi connectivity index (χ3n) is 2.52. The molecule has 0 amide bonds. The second kappa shape index (κ2) is 14.9. The summed E-state index contributed by atoms with van der Waals surface area (Å²) in [6, 6.07) is 0. The summed E-state index contributed by atoms with van der Waals surface area (Å²) in [6.07, 6.45) is 2.19. The molecule has 0 bridgehead atoms. The van der Waals surface area contributed by atoms with Crippen LogP contribution in [0.25, 0.3) is 0 Å². The van der Waals surface area contributed by atoms with E-state index >= 15 is 0 Å². The van der Waals surface area contributed by atoms with E-state index < -0.39 is 6.10 Å². The minimum absolute atomic E-state index is 0. The Hall–Kier alpha value is -1.06. The predicted molar refractivity (Wildman–Crippen MR) is 86.5 cm³/mol. The maximum absolute atomic E-state index is 11.5. The lowest BCUT2D eigenvalue weighted by atomic mass is 10.3. The van der Waals surface area contributed by atoms with Crippen molar-refractivity contribution in [2.45, 2.75) is 65.4 Å². The molecule has 6 nitrogen and oxygen atoms in total. The molecule has 128 valence electrons. The fourth-order valence-corrected chi connectivity index (χ4v) is 1.49. The number of hydrogen-bond acceptors (Lipinski definition) is 6. The Bertz CT molecular complexity index is 310. The average Bonchev–Trinajstić information content (AvgIpc) is 2.42. The van der Waals surface area contributed by atoms with E-state index in [-0.39, 0.29) is 54.9 Å². The first-order chi connectivity index (χ1) is 10.0. The van der Waals surface area contributed by atoms with E-state index in [1.165, 1.54) is 0 Å². The zero-order chi connectivity index (χ0) is 16.1. The highest BCUT2D eigenvalue weighted by Gasteiger charge is 2.18. The Morgan fingerprint density at radius 2 is 1.09 bits per heavy atom. The van der Waals surface area contributed by atoms with Crippen molar-refractivity contribution in [3.8, 4) is 0 Å². The van der Waals surface area contributed by atoms with Gasteiger partial charge in [-0.2, -0.15) is 0 Å². The van der Waals surface area contributed by atoms with E-state index in [9.17, 15) is 14.4 Å². The summed E-state index contributed by atoms with van der Waals surface area (Å²) in [6.45, 7) is 5.42. The SMILES string of the molecule is CCCC(=O)OCC(COC(=O)CCC)OC(=O)CCC.[AlH3]. The Kier molecular flexibility index (Phi) is 15.7. The van der Waals surface area contributed by atoms with E-state index in [4.69, 9.17) is 14.2 Å². The molecule has 0 aromatic carbocycles. The molecule has 0 heterocycles. The van der Waals surface area contributed by atoms with E-state index in [1.807, 2.05) is 20.8 Å². The fraction of sp³-hybridized carbons (Fsp3) is 0.800. The first-order valence-electron chi connectivity index (χ1n) is 7.54. The minimum Gasteiger partial charge on any atom is -0.462 e. The fourth-order valence-electron chi connectivity index (χ4n) is 1.49. The Labute approximate surface area is 143 Å². The summed E-state index contributed by atoms with van der Waals surface area (Å²) in [5, 5.41) is 0. The van der Waals surface area contributed by atoms with Gasteiger partial charge in [-0.3, -0.25) is 14.4 Å². The zero-order valence-electron chi connectivity index (χ0n) is 13.2. The van der Waals surface area contributed by atoms with Crippen LogP contribution < -0.4 is 0 Å². The second-order valence-corrected chi connectivity index (χ2v) is 4.73. The van der Waals surface area contributed by atoms with Gasteiger partial charge < -0.3 is 14.2 Å². The summed E-state index contributed by atoms with van der Waals surface area (Å²) in [5.41, 5.74) is 0. The van der Waals surface area contributed by atoms with E-state index in [0.29, 0.717) is 32.1 Å². The number of carbonyl (C=O) groups excluding carboxylic acids is 3. The van der Waals surface area contributed by atoms with Crippen LogP contribution in [-0.2, 0) is 28.6 Å². The summed E-state index contributed by atoms with van der Waals surface area (Å²) in [4.78, 5) is 34.1. The molecule has 0 atom stereocenters. The van der Waals surface area contributed by atoms with Crippen molar-refractivity contribution < 1.29 is 28.6 Å². The summed E-state index contributed by atoms with van der Waals surface area (Å²) >= 11 is 0. The number of esters is 3. The maximum Gasteiger partial charge on any atom is 0.306 e. The third-order valence-corrected chi connectivity index (χ3v) is 2.52. The molecule has 0 unspecified atom stereocenters. The average molecular weight is 332 g/mol. The van der Waals surface area contributed by atoms with Gasteiger partial charge in [-0.25, -0.2) is 0 Å². The number of carbonyl (C=O) groups is 3. The molecule has 0 saturated heterocycles. The van der Waals surface area contributed by atoms with Gasteiger partial charge in [-0.1, -0.05) is 20.8 Å². The lowest BCUT2D eigenvalue weighted by molar-refractivity contribution is -0.166. The molecule has 7 heteroatoms. The largest absolute Gasteiger partial charge is 0.462 e.